The number of imidazole rings is 1. The summed E-state index contributed by atoms with van der Waals surface area (Å²) in [5.74, 6) is -0.177. The monoisotopic (exact) mass is 464 g/mol. The first-order valence-electron chi connectivity index (χ1n) is 10.1. The Kier molecular flexibility index (Phi) is 6.23. The molecule has 0 bridgehead atoms. The minimum absolute atomic E-state index is 0.110. The Balaban J connectivity index is 1.43. The van der Waals surface area contributed by atoms with E-state index in [9.17, 15) is 17.6 Å². The summed E-state index contributed by atoms with van der Waals surface area (Å²) in [5.41, 5.74) is 1.49. The van der Waals surface area contributed by atoms with Gasteiger partial charge < -0.3 is 9.88 Å². The Bertz CT molecular complexity index is 1400. The fraction of sp³-hybridized carbons (Fsp3) is 0.0833. The van der Waals surface area contributed by atoms with Gasteiger partial charge in [0.25, 0.3) is 15.9 Å². The number of sulfonamides is 1. The van der Waals surface area contributed by atoms with Crippen LogP contribution in [0.25, 0.3) is 5.69 Å². The molecule has 0 atom stereocenters. The van der Waals surface area contributed by atoms with Crippen LogP contribution in [-0.2, 0) is 16.6 Å². The first-order valence-corrected chi connectivity index (χ1v) is 11.6. The second-order valence-corrected chi connectivity index (χ2v) is 8.99. The lowest BCUT2D eigenvalue weighted by Crippen LogP contribution is -2.23. The number of nitrogens with zero attached hydrogens (tertiary/aromatic N) is 2. The van der Waals surface area contributed by atoms with Gasteiger partial charge in [-0.05, 0) is 55.0 Å². The number of carbonyl (C=O) groups is 1. The van der Waals surface area contributed by atoms with Gasteiger partial charge in [-0.1, -0.05) is 30.3 Å². The summed E-state index contributed by atoms with van der Waals surface area (Å²) >= 11 is 0. The fourth-order valence-electron chi connectivity index (χ4n) is 3.31. The lowest BCUT2D eigenvalue weighted by Gasteiger charge is -2.11. The lowest BCUT2D eigenvalue weighted by atomic mass is 10.1. The van der Waals surface area contributed by atoms with Crippen molar-refractivity contribution in [3.63, 3.8) is 0 Å². The first kappa shape index (κ1) is 22.2. The molecule has 0 aliphatic carbocycles. The normalized spacial score (nSPS) is 11.2. The zero-order chi connectivity index (χ0) is 23.4. The van der Waals surface area contributed by atoms with E-state index in [-0.39, 0.29) is 22.7 Å². The Labute approximate surface area is 191 Å². The molecule has 0 aliphatic rings. The number of aromatic nitrogens is 2. The maximum Gasteiger partial charge on any atom is 0.261 e. The highest BCUT2D eigenvalue weighted by atomic mass is 32.2. The third-order valence-electron chi connectivity index (χ3n) is 4.98. The molecule has 0 saturated carbocycles. The van der Waals surface area contributed by atoms with E-state index in [0.29, 0.717) is 17.1 Å². The summed E-state index contributed by atoms with van der Waals surface area (Å²) in [7, 11) is -3.77. The van der Waals surface area contributed by atoms with Crippen molar-refractivity contribution in [2.45, 2.75) is 18.4 Å². The summed E-state index contributed by atoms with van der Waals surface area (Å²) in [6, 6.07) is 18.8. The molecule has 0 saturated heterocycles. The van der Waals surface area contributed by atoms with E-state index in [1.807, 2.05) is 0 Å². The largest absolute Gasteiger partial charge is 0.348 e. The van der Waals surface area contributed by atoms with Crippen LogP contribution in [0, 0.1) is 12.7 Å². The topological polar surface area (TPSA) is 93.1 Å². The number of nitrogens with one attached hydrogen (secondary N) is 2. The second-order valence-electron chi connectivity index (χ2n) is 7.31. The molecule has 1 heterocycles. The van der Waals surface area contributed by atoms with E-state index in [2.05, 4.69) is 15.0 Å². The molecule has 1 aromatic heterocycles. The van der Waals surface area contributed by atoms with Crippen molar-refractivity contribution < 1.29 is 17.6 Å². The van der Waals surface area contributed by atoms with Gasteiger partial charge in [0, 0.05) is 30.2 Å². The van der Waals surface area contributed by atoms with Crippen LogP contribution in [-0.4, -0.2) is 23.9 Å². The minimum Gasteiger partial charge on any atom is -0.348 e. The Morgan fingerprint density at radius 1 is 1.03 bits per heavy atom. The van der Waals surface area contributed by atoms with Crippen LogP contribution in [0.3, 0.4) is 0 Å². The van der Waals surface area contributed by atoms with Crippen molar-refractivity contribution >= 4 is 21.6 Å². The Morgan fingerprint density at radius 3 is 2.52 bits per heavy atom. The number of benzene rings is 3. The maximum absolute atomic E-state index is 14.6. The molecular formula is C24H21FN4O3S. The molecule has 4 rings (SSSR count). The number of rotatable bonds is 7. The second kappa shape index (κ2) is 9.25. The minimum atomic E-state index is -3.77. The third kappa shape index (κ3) is 5.09. The smallest absolute Gasteiger partial charge is 0.261 e. The van der Waals surface area contributed by atoms with E-state index in [1.54, 1.807) is 72.4 Å². The van der Waals surface area contributed by atoms with Gasteiger partial charge >= 0.3 is 0 Å². The summed E-state index contributed by atoms with van der Waals surface area (Å²) < 4.78 is 43.7. The lowest BCUT2D eigenvalue weighted by molar-refractivity contribution is 0.0951. The quantitative estimate of drug-likeness (QED) is 0.432. The van der Waals surface area contributed by atoms with Gasteiger partial charge in [-0.25, -0.2) is 17.8 Å². The number of hydrogen-bond donors (Lipinski definition) is 2. The van der Waals surface area contributed by atoms with Crippen LogP contribution in [0.2, 0.25) is 0 Å². The van der Waals surface area contributed by atoms with Crippen molar-refractivity contribution in [3.05, 3.63) is 108 Å². The van der Waals surface area contributed by atoms with E-state index < -0.39 is 21.7 Å². The van der Waals surface area contributed by atoms with Crippen molar-refractivity contribution in [1.29, 1.82) is 0 Å². The number of hydrogen-bond acceptors (Lipinski definition) is 4. The van der Waals surface area contributed by atoms with Crippen LogP contribution >= 0.6 is 0 Å². The molecule has 2 N–H and O–H groups in total. The number of carbonyl (C=O) groups excluding carboxylic acids is 1. The summed E-state index contributed by atoms with van der Waals surface area (Å²) in [5, 5.41) is 2.73. The highest BCUT2D eigenvalue weighted by molar-refractivity contribution is 7.92. The first-order chi connectivity index (χ1) is 15.8. The number of halogens is 1. The van der Waals surface area contributed by atoms with Gasteiger partial charge in [0.05, 0.1) is 10.6 Å². The number of amides is 1. The third-order valence-corrected chi connectivity index (χ3v) is 6.38. The van der Waals surface area contributed by atoms with Gasteiger partial charge in [0.1, 0.15) is 11.6 Å². The molecule has 3 aromatic carbocycles. The molecule has 168 valence electrons. The van der Waals surface area contributed by atoms with Gasteiger partial charge in [0.15, 0.2) is 0 Å². The highest BCUT2D eigenvalue weighted by Crippen LogP contribution is 2.19. The van der Waals surface area contributed by atoms with Gasteiger partial charge in [-0.3, -0.25) is 9.52 Å². The average Bonchev–Trinajstić information content (AvgIpc) is 3.23. The SMILES string of the molecule is Cc1nccn1-c1ccc(CNC(=O)c2cccc(NS(=O)(=O)c3ccccc3)c2)cc1F. The summed E-state index contributed by atoms with van der Waals surface area (Å²) in [6.07, 6.45) is 3.27. The van der Waals surface area contributed by atoms with Crippen LogP contribution in [0.15, 0.2) is 90.1 Å². The predicted molar refractivity (Wildman–Crippen MR) is 123 cm³/mol. The Hall–Kier alpha value is -3.98. The van der Waals surface area contributed by atoms with Crippen LogP contribution in [0.4, 0.5) is 10.1 Å². The molecular weight excluding hydrogens is 443 g/mol. The van der Waals surface area contributed by atoms with Crippen molar-refractivity contribution in [2.24, 2.45) is 0 Å². The molecule has 0 spiro atoms. The maximum atomic E-state index is 14.6. The molecule has 1 amide bonds. The van der Waals surface area contributed by atoms with Crippen molar-refractivity contribution in [1.82, 2.24) is 14.9 Å². The predicted octanol–water partition coefficient (Wildman–Crippen LogP) is 4.05. The molecule has 7 nitrogen and oxygen atoms in total. The zero-order valence-electron chi connectivity index (χ0n) is 17.7. The molecule has 0 radical (unpaired) electrons. The fourth-order valence-corrected chi connectivity index (χ4v) is 4.38. The Morgan fingerprint density at radius 2 is 1.82 bits per heavy atom. The van der Waals surface area contributed by atoms with Crippen molar-refractivity contribution in [3.8, 4) is 5.69 Å². The summed E-state index contributed by atoms with van der Waals surface area (Å²) in [6.45, 7) is 1.89. The highest BCUT2D eigenvalue weighted by Gasteiger charge is 2.15. The number of anilines is 1. The van der Waals surface area contributed by atoms with E-state index in [1.165, 1.54) is 24.3 Å². The summed E-state index contributed by atoms with van der Waals surface area (Å²) in [4.78, 5) is 16.8. The number of aryl methyl sites for hydroxylation is 1. The molecule has 0 aliphatic heterocycles. The van der Waals surface area contributed by atoms with Crippen LogP contribution in [0.5, 0.6) is 0 Å². The standard InChI is InChI=1S/C24H21FN4O3S/c1-17-26-12-13-29(17)23-11-10-18(14-22(23)25)16-27-24(30)19-6-5-7-20(15-19)28-33(31,32)21-8-3-2-4-9-21/h2-15,28H,16H2,1H3,(H,27,30). The molecule has 0 unspecified atom stereocenters. The van der Waals surface area contributed by atoms with E-state index in [4.69, 9.17) is 0 Å². The van der Waals surface area contributed by atoms with Gasteiger partial charge in [-0.2, -0.15) is 0 Å². The van der Waals surface area contributed by atoms with Gasteiger partial charge in [-0.15, -0.1) is 0 Å². The average molecular weight is 465 g/mol. The van der Waals surface area contributed by atoms with Crippen LogP contribution < -0.4 is 10.0 Å². The molecule has 4 aromatic rings. The molecule has 9 heteroatoms. The van der Waals surface area contributed by atoms with E-state index >= 15 is 0 Å². The van der Waals surface area contributed by atoms with Crippen molar-refractivity contribution in [2.75, 3.05) is 4.72 Å². The molecule has 0 fully saturated rings. The van der Waals surface area contributed by atoms with E-state index in [0.717, 1.165) is 0 Å². The zero-order valence-corrected chi connectivity index (χ0v) is 18.5. The van der Waals surface area contributed by atoms with Crippen LogP contribution in [0.1, 0.15) is 21.7 Å². The van der Waals surface area contributed by atoms with Gasteiger partial charge in [0.2, 0.25) is 0 Å². The molecule has 33 heavy (non-hydrogen) atoms.